The second-order valence-corrected chi connectivity index (χ2v) is 3.33. The topological polar surface area (TPSA) is 38.7 Å². The molecule has 5 heteroatoms. The van der Waals surface area contributed by atoms with Gasteiger partial charge in [0.05, 0.1) is 14.5 Å². The van der Waals surface area contributed by atoms with E-state index in [1.807, 2.05) is 24.0 Å². The van der Waals surface area contributed by atoms with E-state index in [0.717, 1.165) is 8.35 Å². The van der Waals surface area contributed by atoms with E-state index in [-0.39, 0.29) is 0 Å². The van der Waals surface area contributed by atoms with E-state index in [0.29, 0.717) is 0 Å². The molecule has 2 heterocycles. The first-order chi connectivity index (χ1) is 6.00. The molecule has 0 atom stereocenters. The van der Waals surface area contributed by atoms with Gasteiger partial charge >= 0.3 is 0 Å². The molecule has 0 saturated carbocycles. The zero-order chi connectivity index (χ0) is 8.49. The van der Waals surface area contributed by atoms with E-state index in [2.05, 4.69) is 26.8 Å². The van der Waals surface area contributed by atoms with Crippen molar-refractivity contribution >= 4 is 16.5 Å². The Kier molecular flexibility index (Phi) is 5.19. The maximum Gasteiger partial charge on any atom is 0.0668 e. The molecule has 60 valence electrons. The Morgan fingerprint density at radius 1 is 0.917 bits per heavy atom. The maximum absolute atomic E-state index is 3.52. The van der Waals surface area contributed by atoms with Gasteiger partial charge in [-0.1, -0.05) is 26.4 Å². The Balaban J connectivity index is 0.000000120. The predicted octanol–water partition coefficient (Wildman–Crippen LogP) is 2.72. The van der Waals surface area contributed by atoms with Gasteiger partial charge in [0.2, 0.25) is 0 Å². The molecule has 0 amide bonds. The van der Waals surface area contributed by atoms with Crippen molar-refractivity contribution in [3.05, 3.63) is 41.8 Å². The summed E-state index contributed by atoms with van der Waals surface area (Å²) in [5.41, 5.74) is 0. The summed E-state index contributed by atoms with van der Waals surface area (Å²) in [7, 11) is 2.19. The normalized spacial score (nSPS) is 8.67. The van der Waals surface area contributed by atoms with Crippen LogP contribution in [0.2, 0.25) is 0 Å². The lowest BCUT2D eigenvalue weighted by molar-refractivity contribution is 0.923. The van der Waals surface area contributed by atoms with Gasteiger partial charge in [0.15, 0.2) is 0 Å². The molecular weight excluding hydrogens is 188 g/mol. The van der Waals surface area contributed by atoms with E-state index in [1.54, 1.807) is 6.20 Å². The molecule has 0 N–H and O–H groups in total. The summed E-state index contributed by atoms with van der Waals surface area (Å²) in [6.07, 6.45) is 1.62. The van der Waals surface area contributed by atoms with Crippen LogP contribution in [0, 0.1) is 0 Å². The summed E-state index contributed by atoms with van der Waals surface area (Å²) in [5.74, 6) is 6.01. The number of aromatic nitrogens is 3. The third kappa shape index (κ3) is 4.84. The molecule has 0 bridgehead atoms. The van der Waals surface area contributed by atoms with E-state index in [4.69, 9.17) is 0 Å². The molecule has 0 unspecified atom stereocenters. The van der Waals surface area contributed by atoms with Crippen LogP contribution in [-0.2, 0) is 0 Å². The van der Waals surface area contributed by atoms with Crippen LogP contribution < -0.4 is 0 Å². The molecule has 12 heavy (non-hydrogen) atoms. The van der Waals surface area contributed by atoms with Crippen LogP contribution >= 0.6 is 16.5 Å². The van der Waals surface area contributed by atoms with E-state index < -0.39 is 0 Å². The quantitative estimate of drug-likeness (QED) is 0.648. The first-order valence-corrected chi connectivity index (χ1v) is 5.25. The van der Waals surface area contributed by atoms with Crippen LogP contribution in [0.4, 0.5) is 0 Å². The Morgan fingerprint density at radius 3 is 1.92 bits per heavy atom. The summed E-state index contributed by atoms with van der Waals surface area (Å²) < 4.78 is 0. The van der Waals surface area contributed by atoms with Crippen molar-refractivity contribution in [3.63, 3.8) is 0 Å². The highest BCUT2D eigenvalue weighted by Crippen LogP contribution is 1.98. The minimum atomic E-state index is 0.882. The Labute approximate surface area is 74.1 Å². The lowest BCUT2D eigenvalue weighted by Crippen LogP contribution is -1.73. The van der Waals surface area contributed by atoms with Crippen molar-refractivity contribution in [1.82, 2.24) is 15.2 Å². The lowest BCUT2D eigenvalue weighted by atomic mass is 10.6. The molecule has 0 aliphatic carbocycles. The van der Waals surface area contributed by atoms with Crippen molar-refractivity contribution in [2.75, 3.05) is 0 Å². The SMILES string of the molecule is c1ccpcc1.c1cpnnn1. The van der Waals surface area contributed by atoms with Gasteiger partial charge < -0.3 is 0 Å². The van der Waals surface area contributed by atoms with Gasteiger partial charge in [0.1, 0.15) is 0 Å². The van der Waals surface area contributed by atoms with Gasteiger partial charge in [-0.05, 0) is 16.8 Å². The van der Waals surface area contributed by atoms with Crippen LogP contribution in [0.1, 0.15) is 0 Å². The van der Waals surface area contributed by atoms with Crippen molar-refractivity contribution in [3.8, 4) is 0 Å². The van der Waals surface area contributed by atoms with Gasteiger partial charge in [0.25, 0.3) is 0 Å². The molecule has 2 rings (SSSR count). The molecule has 2 aromatic heterocycles. The average molecular weight is 195 g/mol. The van der Waals surface area contributed by atoms with Gasteiger partial charge in [-0.2, -0.15) is 0 Å². The number of hydrogen-bond acceptors (Lipinski definition) is 3. The van der Waals surface area contributed by atoms with Crippen LogP contribution in [0.3, 0.4) is 0 Å². The Morgan fingerprint density at radius 2 is 1.75 bits per heavy atom. The second-order valence-electron chi connectivity index (χ2n) is 1.73. The Bertz CT molecular complexity index is 192. The van der Waals surface area contributed by atoms with E-state index in [1.165, 1.54) is 8.19 Å². The van der Waals surface area contributed by atoms with Crippen molar-refractivity contribution in [2.45, 2.75) is 0 Å². The molecule has 2 aromatic rings. The van der Waals surface area contributed by atoms with Gasteiger partial charge in [-0.15, -0.1) is 9.96 Å². The minimum absolute atomic E-state index is 0.882. The lowest BCUT2D eigenvalue weighted by Gasteiger charge is -1.69. The standard InChI is InChI=1S/C5H5P.C2H2N3P/c1-2-4-6-5-3-1;1-2-6-5-4-3-1/h1-5H;1-2H. The van der Waals surface area contributed by atoms with Crippen LogP contribution in [0.5, 0.6) is 0 Å². The van der Waals surface area contributed by atoms with E-state index >= 15 is 0 Å². The average Bonchev–Trinajstić information content (AvgIpc) is 2.24. The van der Waals surface area contributed by atoms with Crippen molar-refractivity contribution in [2.24, 2.45) is 0 Å². The second kappa shape index (κ2) is 6.78. The molecule has 0 fully saturated rings. The van der Waals surface area contributed by atoms with Crippen LogP contribution in [-0.4, -0.2) is 15.2 Å². The van der Waals surface area contributed by atoms with Crippen LogP contribution in [0.25, 0.3) is 0 Å². The monoisotopic (exact) mass is 195 g/mol. The number of rotatable bonds is 0. The molecule has 3 nitrogen and oxygen atoms in total. The van der Waals surface area contributed by atoms with Crippen molar-refractivity contribution in [1.29, 1.82) is 0 Å². The molecule has 0 aliphatic heterocycles. The fourth-order valence-electron chi connectivity index (χ4n) is 0.478. The minimum Gasteiger partial charge on any atom is -0.138 e. The smallest absolute Gasteiger partial charge is 0.0668 e. The largest absolute Gasteiger partial charge is 0.138 e. The summed E-state index contributed by atoms with van der Waals surface area (Å²) in [4.78, 5) is 3.52. The van der Waals surface area contributed by atoms with Gasteiger partial charge in [0, 0.05) is 5.80 Å². The van der Waals surface area contributed by atoms with E-state index in [9.17, 15) is 0 Å². The van der Waals surface area contributed by atoms with Gasteiger partial charge in [-0.3, -0.25) is 0 Å². The first kappa shape index (κ1) is 9.18. The molecule has 0 aromatic carbocycles. The summed E-state index contributed by atoms with van der Waals surface area (Å²) in [6.45, 7) is 0. The highest BCUT2D eigenvalue weighted by atomic mass is 31.0. The molecular formula is C7H7N3P2. The first-order valence-electron chi connectivity index (χ1n) is 3.30. The highest BCUT2D eigenvalue weighted by Gasteiger charge is 1.62. The zero-order valence-corrected chi connectivity index (χ0v) is 8.07. The van der Waals surface area contributed by atoms with Gasteiger partial charge in [-0.25, -0.2) is 0 Å². The zero-order valence-electron chi connectivity index (χ0n) is 6.28. The highest BCUT2D eigenvalue weighted by molar-refractivity contribution is 7.28. The third-order valence-electron chi connectivity index (χ3n) is 0.910. The fraction of sp³-hybridized carbons (Fsp3) is 0. The molecule has 0 spiro atoms. The third-order valence-corrected chi connectivity index (χ3v) is 2.05. The number of hydrogen-bond donors (Lipinski definition) is 0. The van der Waals surface area contributed by atoms with Crippen molar-refractivity contribution < 1.29 is 0 Å². The maximum atomic E-state index is 3.52. The summed E-state index contributed by atoms with van der Waals surface area (Å²) in [5, 5.41) is 6.78. The summed E-state index contributed by atoms with van der Waals surface area (Å²) >= 11 is 0. The summed E-state index contributed by atoms with van der Waals surface area (Å²) in [6, 6.07) is 6.11. The molecule has 0 radical (unpaired) electrons. The predicted molar refractivity (Wildman–Crippen MR) is 51.3 cm³/mol. The molecule has 0 saturated heterocycles. The molecule has 0 aliphatic rings. The van der Waals surface area contributed by atoms with Crippen LogP contribution in [0.15, 0.2) is 41.8 Å². The fourth-order valence-corrected chi connectivity index (χ4v) is 1.25. The number of nitrogens with zero attached hydrogens (tertiary/aromatic N) is 3. The Hall–Kier alpha value is -0.910.